The van der Waals surface area contributed by atoms with Crippen LogP contribution in [0.1, 0.15) is 40.0 Å². The maximum absolute atomic E-state index is 10.8. The summed E-state index contributed by atoms with van der Waals surface area (Å²) >= 11 is 0. The molecular weight excluding hydrogens is 182 g/mol. The Bertz CT molecular complexity index is 175. The molecule has 0 heterocycles. The molecule has 0 rings (SSSR count). The molecule has 0 amide bonds. The summed E-state index contributed by atoms with van der Waals surface area (Å²) in [6.07, 6.45) is 2.18. The minimum Gasteiger partial charge on any atom is -0.462 e. The number of rotatable bonds is 6. The summed E-state index contributed by atoms with van der Waals surface area (Å²) in [5, 5.41) is 9.43. The van der Waals surface area contributed by atoms with Gasteiger partial charge in [-0.1, -0.05) is 0 Å². The van der Waals surface area contributed by atoms with Gasteiger partial charge < -0.3 is 15.6 Å². The molecule has 4 heteroatoms. The van der Waals surface area contributed by atoms with Crippen molar-refractivity contribution in [3.8, 4) is 0 Å². The molecule has 0 bridgehead atoms. The number of aliphatic hydroxyl groups is 1. The number of ether oxygens (including phenoxy) is 1. The van der Waals surface area contributed by atoms with Crippen molar-refractivity contribution in [1.82, 2.24) is 0 Å². The van der Waals surface area contributed by atoms with Crippen LogP contribution in [-0.2, 0) is 9.53 Å². The highest BCUT2D eigenvalue weighted by Crippen LogP contribution is 2.14. The van der Waals surface area contributed by atoms with E-state index in [0.717, 1.165) is 12.8 Å². The normalized spacial score (nSPS) is 13.8. The lowest BCUT2D eigenvalue weighted by molar-refractivity contribution is -0.146. The van der Waals surface area contributed by atoms with E-state index in [9.17, 15) is 9.90 Å². The molecule has 1 atom stereocenters. The maximum Gasteiger partial charge on any atom is 0.319 e. The molecule has 0 fully saturated rings. The van der Waals surface area contributed by atoms with Gasteiger partial charge in [0.25, 0.3) is 0 Å². The Morgan fingerprint density at radius 2 is 2.14 bits per heavy atom. The first-order valence-corrected chi connectivity index (χ1v) is 4.97. The molecule has 0 aromatic rings. The standard InChI is InChI=1S/C10H21NO3/c1-8(14-9(12)7-11)5-4-6-10(2,3)13/h8,13H,4-7,11H2,1-3H3. The van der Waals surface area contributed by atoms with Crippen molar-refractivity contribution >= 4 is 5.97 Å². The zero-order valence-corrected chi connectivity index (χ0v) is 9.25. The Morgan fingerprint density at radius 1 is 1.57 bits per heavy atom. The van der Waals surface area contributed by atoms with Crippen molar-refractivity contribution in [1.29, 1.82) is 0 Å². The van der Waals surface area contributed by atoms with Gasteiger partial charge in [0, 0.05) is 0 Å². The predicted octanol–water partition coefficient (Wildman–Crippen LogP) is 0.818. The lowest BCUT2D eigenvalue weighted by Crippen LogP contribution is -2.23. The van der Waals surface area contributed by atoms with Crippen LogP contribution in [0.3, 0.4) is 0 Å². The van der Waals surface area contributed by atoms with E-state index < -0.39 is 5.60 Å². The topological polar surface area (TPSA) is 72.5 Å². The van der Waals surface area contributed by atoms with Crippen molar-refractivity contribution in [2.45, 2.75) is 51.7 Å². The molecular formula is C10H21NO3. The molecule has 84 valence electrons. The summed E-state index contributed by atoms with van der Waals surface area (Å²) in [4.78, 5) is 10.8. The Labute approximate surface area is 85.4 Å². The molecule has 0 aliphatic rings. The number of esters is 1. The molecule has 0 aromatic carbocycles. The number of carbonyl (C=O) groups excluding carboxylic acids is 1. The SMILES string of the molecule is CC(CCCC(C)(C)O)OC(=O)CN. The largest absolute Gasteiger partial charge is 0.462 e. The van der Waals surface area contributed by atoms with Crippen molar-refractivity contribution < 1.29 is 14.6 Å². The van der Waals surface area contributed by atoms with E-state index in [4.69, 9.17) is 10.5 Å². The smallest absolute Gasteiger partial charge is 0.319 e. The van der Waals surface area contributed by atoms with E-state index in [0.29, 0.717) is 6.42 Å². The third kappa shape index (κ3) is 8.01. The van der Waals surface area contributed by atoms with Gasteiger partial charge in [-0.15, -0.1) is 0 Å². The minimum atomic E-state index is -0.641. The first kappa shape index (κ1) is 13.4. The van der Waals surface area contributed by atoms with Crippen LogP contribution in [0.4, 0.5) is 0 Å². The summed E-state index contributed by atoms with van der Waals surface area (Å²) < 4.78 is 4.97. The van der Waals surface area contributed by atoms with E-state index in [1.165, 1.54) is 0 Å². The molecule has 0 spiro atoms. The molecule has 0 radical (unpaired) electrons. The quantitative estimate of drug-likeness (QED) is 0.627. The van der Waals surface area contributed by atoms with Gasteiger partial charge in [0.1, 0.15) is 0 Å². The predicted molar refractivity (Wildman–Crippen MR) is 54.8 cm³/mol. The number of hydrogen-bond donors (Lipinski definition) is 2. The van der Waals surface area contributed by atoms with Crippen LogP contribution in [0.5, 0.6) is 0 Å². The van der Waals surface area contributed by atoms with Crippen LogP contribution < -0.4 is 5.73 Å². The summed E-state index contributed by atoms with van der Waals surface area (Å²) in [5.41, 5.74) is 4.46. The van der Waals surface area contributed by atoms with E-state index in [2.05, 4.69) is 0 Å². The van der Waals surface area contributed by atoms with Gasteiger partial charge in [-0.2, -0.15) is 0 Å². The van der Waals surface area contributed by atoms with E-state index in [-0.39, 0.29) is 18.6 Å². The fourth-order valence-corrected chi connectivity index (χ4v) is 1.15. The second-order valence-corrected chi connectivity index (χ2v) is 4.21. The van der Waals surface area contributed by atoms with Crippen molar-refractivity contribution in [2.75, 3.05) is 6.54 Å². The van der Waals surface area contributed by atoms with Crippen LogP contribution in [0.15, 0.2) is 0 Å². The van der Waals surface area contributed by atoms with Gasteiger partial charge in [-0.05, 0) is 40.0 Å². The van der Waals surface area contributed by atoms with Crippen LogP contribution >= 0.6 is 0 Å². The molecule has 14 heavy (non-hydrogen) atoms. The molecule has 0 saturated carbocycles. The fraction of sp³-hybridized carbons (Fsp3) is 0.900. The Hall–Kier alpha value is -0.610. The second-order valence-electron chi connectivity index (χ2n) is 4.21. The van der Waals surface area contributed by atoms with Crippen molar-refractivity contribution in [2.24, 2.45) is 5.73 Å². The first-order chi connectivity index (χ1) is 6.35. The van der Waals surface area contributed by atoms with E-state index in [1.807, 2.05) is 6.92 Å². The lowest BCUT2D eigenvalue weighted by Gasteiger charge is -2.18. The van der Waals surface area contributed by atoms with Gasteiger partial charge in [-0.3, -0.25) is 4.79 Å². The molecule has 0 aliphatic carbocycles. The third-order valence-corrected chi connectivity index (χ3v) is 1.90. The summed E-state index contributed by atoms with van der Waals surface area (Å²) in [7, 11) is 0. The van der Waals surface area contributed by atoms with Gasteiger partial charge >= 0.3 is 5.97 Å². The zero-order chi connectivity index (χ0) is 11.2. The van der Waals surface area contributed by atoms with Crippen LogP contribution in [-0.4, -0.2) is 29.3 Å². The highest BCUT2D eigenvalue weighted by atomic mass is 16.5. The summed E-state index contributed by atoms with van der Waals surface area (Å²) in [5.74, 6) is -0.374. The third-order valence-electron chi connectivity index (χ3n) is 1.90. The number of nitrogens with two attached hydrogens (primary N) is 1. The highest BCUT2D eigenvalue weighted by molar-refractivity contribution is 5.71. The van der Waals surface area contributed by atoms with Crippen molar-refractivity contribution in [3.05, 3.63) is 0 Å². The van der Waals surface area contributed by atoms with Crippen molar-refractivity contribution in [3.63, 3.8) is 0 Å². The van der Waals surface area contributed by atoms with Crippen LogP contribution in [0.25, 0.3) is 0 Å². The zero-order valence-electron chi connectivity index (χ0n) is 9.25. The second kappa shape index (κ2) is 5.98. The molecule has 4 nitrogen and oxygen atoms in total. The average Bonchev–Trinajstić information content (AvgIpc) is 2.01. The number of hydrogen-bond acceptors (Lipinski definition) is 4. The Morgan fingerprint density at radius 3 is 2.57 bits per heavy atom. The van der Waals surface area contributed by atoms with Gasteiger partial charge in [-0.25, -0.2) is 0 Å². The van der Waals surface area contributed by atoms with Crippen LogP contribution in [0.2, 0.25) is 0 Å². The molecule has 3 N–H and O–H groups in total. The Kier molecular flexibility index (Phi) is 5.72. The molecule has 0 saturated heterocycles. The fourth-order valence-electron chi connectivity index (χ4n) is 1.15. The van der Waals surface area contributed by atoms with Gasteiger partial charge in [0.05, 0.1) is 18.2 Å². The summed E-state index contributed by atoms with van der Waals surface area (Å²) in [6, 6.07) is 0. The summed E-state index contributed by atoms with van der Waals surface area (Å²) in [6.45, 7) is 5.29. The monoisotopic (exact) mass is 203 g/mol. The minimum absolute atomic E-state index is 0.0736. The molecule has 0 aromatic heterocycles. The lowest BCUT2D eigenvalue weighted by atomic mass is 10.0. The maximum atomic E-state index is 10.8. The Balaban J connectivity index is 3.54. The average molecular weight is 203 g/mol. The van der Waals surface area contributed by atoms with E-state index in [1.54, 1.807) is 13.8 Å². The highest BCUT2D eigenvalue weighted by Gasteiger charge is 2.13. The molecule has 1 unspecified atom stereocenters. The van der Waals surface area contributed by atoms with E-state index >= 15 is 0 Å². The number of carbonyl (C=O) groups is 1. The van der Waals surface area contributed by atoms with Gasteiger partial charge in [0.15, 0.2) is 0 Å². The van der Waals surface area contributed by atoms with Gasteiger partial charge in [0.2, 0.25) is 0 Å². The molecule has 0 aliphatic heterocycles. The first-order valence-electron chi connectivity index (χ1n) is 4.97. The van der Waals surface area contributed by atoms with Crippen LogP contribution in [0, 0.1) is 0 Å².